The van der Waals surface area contributed by atoms with Crippen LogP contribution in [0.4, 0.5) is 5.82 Å². The van der Waals surface area contributed by atoms with E-state index in [1.165, 1.54) is 0 Å². The number of aromatic amines is 1. The van der Waals surface area contributed by atoms with Crippen LogP contribution in [-0.4, -0.2) is 48.7 Å². The first-order valence-electron chi connectivity index (χ1n) is 8.44. The smallest absolute Gasteiger partial charge is 0.356 e. The quantitative estimate of drug-likeness (QED) is 0.758. The molecule has 1 aliphatic heterocycles. The number of aromatic nitrogens is 5. The molecule has 0 aliphatic carbocycles. The molecule has 8 nitrogen and oxygen atoms in total. The van der Waals surface area contributed by atoms with Gasteiger partial charge in [0.2, 0.25) is 0 Å². The third kappa shape index (κ3) is 3.07. The zero-order chi connectivity index (χ0) is 18.0. The summed E-state index contributed by atoms with van der Waals surface area (Å²) in [6.07, 6.45) is 6.62. The van der Waals surface area contributed by atoms with E-state index in [1.54, 1.807) is 12.5 Å². The van der Waals surface area contributed by atoms with Gasteiger partial charge in [-0.2, -0.15) is 0 Å². The molecule has 3 aromatic rings. The van der Waals surface area contributed by atoms with Gasteiger partial charge in [-0.05, 0) is 12.5 Å². The molecule has 1 atom stereocenters. The molecule has 8 heteroatoms. The van der Waals surface area contributed by atoms with Gasteiger partial charge in [-0.3, -0.25) is 0 Å². The topological polar surface area (TPSA) is 99.9 Å². The maximum absolute atomic E-state index is 11.1. The minimum atomic E-state index is -0.985. The van der Waals surface area contributed by atoms with Crippen molar-refractivity contribution in [3.63, 3.8) is 0 Å². The standard InChI is InChI=1S/C15H16N6O2.C2H6/c1-20(14-10-2-4-16-13(10)17-8-18-14)9-3-5-21-7-11(15(22)23)19-12(21)6-9;1-2/h2,4,7-9H,3,5-6H2,1H3,(H,22,23)(H,16,17,18);1-2H3. The van der Waals surface area contributed by atoms with Gasteiger partial charge in [-0.1, -0.05) is 13.8 Å². The number of carboxylic acids is 1. The van der Waals surface area contributed by atoms with Gasteiger partial charge >= 0.3 is 5.97 Å². The van der Waals surface area contributed by atoms with Crippen molar-refractivity contribution in [1.29, 1.82) is 0 Å². The molecule has 0 fully saturated rings. The zero-order valence-corrected chi connectivity index (χ0v) is 14.6. The highest BCUT2D eigenvalue weighted by Gasteiger charge is 2.26. The normalized spacial score (nSPS) is 16.0. The Morgan fingerprint density at radius 1 is 1.40 bits per heavy atom. The molecule has 0 bridgehead atoms. The summed E-state index contributed by atoms with van der Waals surface area (Å²) in [6, 6.07) is 2.19. The average molecular weight is 342 g/mol. The number of hydrogen-bond donors (Lipinski definition) is 2. The lowest BCUT2D eigenvalue weighted by molar-refractivity contribution is 0.0691. The minimum Gasteiger partial charge on any atom is -0.476 e. The van der Waals surface area contributed by atoms with Gasteiger partial charge in [-0.15, -0.1) is 0 Å². The maximum Gasteiger partial charge on any atom is 0.356 e. The van der Waals surface area contributed by atoms with Gasteiger partial charge in [0.1, 0.15) is 23.6 Å². The van der Waals surface area contributed by atoms with Crippen molar-refractivity contribution in [2.24, 2.45) is 0 Å². The fourth-order valence-corrected chi connectivity index (χ4v) is 3.16. The van der Waals surface area contributed by atoms with Crippen molar-refractivity contribution >= 4 is 22.8 Å². The average Bonchev–Trinajstić information content (AvgIpc) is 3.28. The van der Waals surface area contributed by atoms with Gasteiger partial charge in [0.15, 0.2) is 5.69 Å². The first kappa shape index (κ1) is 16.9. The van der Waals surface area contributed by atoms with Crippen molar-refractivity contribution in [3.8, 4) is 0 Å². The van der Waals surface area contributed by atoms with E-state index in [0.29, 0.717) is 6.42 Å². The number of H-pyrrole nitrogens is 1. The molecule has 0 spiro atoms. The summed E-state index contributed by atoms with van der Waals surface area (Å²) in [5.41, 5.74) is 0.922. The number of likely N-dealkylation sites (N-methyl/N-ethyl adjacent to an activating group) is 1. The van der Waals surface area contributed by atoms with Crippen LogP contribution in [0.5, 0.6) is 0 Å². The lowest BCUT2D eigenvalue weighted by Gasteiger charge is -2.32. The summed E-state index contributed by atoms with van der Waals surface area (Å²) in [6.45, 7) is 4.76. The van der Waals surface area contributed by atoms with Crippen LogP contribution in [0.1, 0.15) is 36.6 Å². The molecular formula is C17H22N6O2. The van der Waals surface area contributed by atoms with E-state index in [-0.39, 0.29) is 11.7 Å². The van der Waals surface area contributed by atoms with E-state index in [1.807, 2.05) is 37.7 Å². The van der Waals surface area contributed by atoms with Gasteiger partial charge in [-0.25, -0.2) is 19.7 Å². The van der Waals surface area contributed by atoms with Gasteiger partial charge in [0.25, 0.3) is 0 Å². The van der Waals surface area contributed by atoms with Gasteiger partial charge in [0.05, 0.1) is 5.39 Å². The third-order valence-electron chi connectivity index (χ3n) is 4.41. The summed E-state index contributed by atoms with van der Waals surface area (Å²) >= 11 is 0. The molecule has 25 heavy (non-hydrogen) atoms. The second kappa shape index (κ2) is 6.92. The lowest BCUT2D eigenvalue weighted by atomic mass is 10.0. The Labute approximate surface area is 145 Å². The molecule has 4 rings (SSSR count). The first-order chi connectivity index (χ1) is 12.1. The largest absolute Gasteiger partial charge is 0.476 e. The number of anilines is 1. The fraction of sp³-hybridized carbons (Fsp3) is 0.412. The van der Waals surface area contributed by atoms with E-state index < -0.39 is 5.97 Å². The Hall–Kier alpha value is -2.90. The van der Waals surface area contributed by atoms with E-state index in [0.717, 1.165) is 35.6 Å². The van der Waals surface area contributed by atoms with Crippen molar-refractivity contribution in [3.05, 3.63) is 36.3 Å². The van der Waals surface area contributed by atoms with Crippen LogP contribution in [0.2, 0.25) is 0 Å². The summed E-state index contributed by atoms with van der Waals surface area (Å²) in [5, 5.41) is 10.1. The molecular weight excluding hydrogens is 320 g/mol. The van der Waals surface area contributed by atoms with Crippen LogP contribution in [0.15, 0.2) is 24.8 Å². The molecule has 4 heterocycles. The first-order valence-corrected chi connectivity index (χ1v) is 8.44. The molecule has 0 amide bonds. The Morgan fingerprint density at radius 2 is 2.20 bits per heavy atom. The number of hydrogen-bond acceptors (Lipinski definition) is 5. The van der Waals surface area contributed by atoms with E-state index in [4.69, 9.17) is 5.11 Å². The van der Waals surface area contributed by atoms with Crippen LogP contribution in [-0.2, 0) is 13.0 Å². The number of carbonyl (C=O) groups is 1. The number of nitrogens with one attached hydrogen (secondary N) is 1. The van der Waals surface area contributed by atoms with Crippen LogP contribution in [0, 0.1) is 0 Å². The summed E-state index contributed by atoms with van der Waals surface area (Å²) in [5.74, 6) is 0.700. The molecule has 0 saturated carbocycles. The highest BCUT2D eigenvalue weighted by atomic mass is 16.4. The SMILES string of the molecule is CC.CN(c1ncnc2[nH]ccc12)C1CCn2cc(C(=O)O)nc2C1. The number of aryl methyl sites for hydroxylation is 1. The molecule has 0 saturated heterocycles. The van der Waals surface area contributed by atoms with Crippen LogP contribution in [0.3, 0.4) is 0 Å². The van der Waals surface area contributed by atoms with Crippen LogP contribution >= 0.6 is 0 Å². The molecule has 1 unspecified atom stereocenters. The van der Waals surface area contributed by atoms with Crippen molar-refractivity contribution in [1.82, 2.24) is 24.5 Å². The molecule has 0 aromatic carbocycles. The summed E-state index contributed by atoms with van der Waals surface area (Å²) < 4.78 is 1.93. The van der Waals surface area contributed by atoms with Crippen LogP contribution < -0.4 is 4.90 Å². The highest BCUT2D eigenvalue weighted by molar-refractivity contribution is 5.87. The van der Waals surface area contributed by atoms with Crippen molar-refractivity contribution in [2.45, 2.75) is 39.3 Å². The Kier molecular flexibility index (Phi) is 4.69. The van der Waals surface area contributed by atoms with Gasteiger partial charge < -0.3 is 19.6 Å². The second-order valence-electron chi connectivity index (χ2n) is 5.74. The van der Waals surface area contributed by atoms with Crippen molar-refractivity contribution < 1.29 is 9.90 Å². The molecule has 1 aliphatic rings. The minimum absolute atomic E-state index is 0.110. The maximum atomic E-state index is 11.1. The predicted molar refractivity (Wildman–Crippen MR) is 94.9 cm³/mol. The summed E-state index contributed by atoms with van der Waals surface area (Å²) in [4.78, 5) is 29.1. The molecule has 3 aromatic heterocycles. The Morgan fingerprint density at radius 3 is 2.96 bits per heavy atom. The lowest BCUT2D eigenvalue weighted by Crippen LogP contribution is -2.38. The third-order valence-corrected chi connectivity index (χ3v) is 4.41. The number of imidazole rings is 1. The number of carboxylic acid groups (broad SMARTS) is 1. The monoisotopic (exact) mass is 342 g/mol. The molecule has 2 N–H and O–H groups in total. The number of rotatable bonds is 3. The Bertz CT molecular complexity index is 884. The number of nitrogens with zero attached hydrogens (tertiary/aromatic N) is 5. The van der Waals surface area contributed by atoms with E-state index >= 15 is 0 Å². The van der Waals surface area contributed by atoms with Crippen LogP contribution in [0.25, 0.3) is 11.0 Å². The summed E-state index contributed by atoms with van der Waals surface area (Å²) in [7, 11) is 2.01. The molecule has 132 valence electrons. The van der Waals surface area contributed by atoms with Crippen molar-refractivity contribution in [2.75, 3.05) is 11.9 Å². The number of aromatic carboxylic acids is 1. The van der Waals surface area contributed by atoms with E-state index in [2.05, 4.69) is 24.8 Å². The number of fused-ring (bicyclic) bond motifs is 2. The zero-order valence-electron chi connectivity index (χ0n) is 14.6. The Balaban J connectivity index is 0.000000880. The highest BCUT2D eigenvalue weighted by Crippen LogP contribution is 2.27. The second-order valence-corrected chi connectivity index (χ2v) is 5.74. The predicted octanol–water partition coefficient (Wildman–Crippen LogP) is 2.33. The molecule has 0 radical (unpaired) electrons. The fourth-order valence-electron chi connectivity index (χ4n) is 3.16. The van der Waals surface area contributed by atoms with Gasteiger partial charge in [0, 0.05) is 38.4 Å². The van der Waals surface area contributed by atoms with E-state index in [9.17, 15) is 4.79 Å².